The van der Waals surface area contributed by atoms with Crippen molar-refractivity contribution < 1.29 is 14.7 Å². The maximum Gasteiger partial charge on any atom is 0.330 e. The summed E-state index contributed by atoms with van der Waals surface area (Å²) in [5.74, 6) is -1.09. The standard InChI is InChI=1S/C11H10N2O3/c14-6-13-10(11(15)16)8-5-12-9-4-2-1-3-7(8)9/h1-6,10,12H,(H,13,14)(H,15,16). The fourth-order valence-electron chi connectivity index (χ4n) is 1.69. The Labute approximate surface area is 91.1 Å². The zero-order chi connectivity index (χ0) is 11.5. The van der Waals surface area contributed by atoms with Crippen molar-refractivity contribution in [2.24, 2.45) is 0 Å². The van der Waals surface area contributed by atoms with E-state index in [9.17, 15) is 9.59 Å². The van der Waals surface area contributed by atoms with Gasteiger partial charge in [0.1, 0.15) is 0 Å². The van der Waals surface area contributed by atoms with Gasteiger partial charge in [-0.1, -0.05) is 18.2 Å². The molecule has 0 aliphatic rings. The zero-order valence-electron chi connectivity index (χ0n) is 8.31. The number of para-hydroxylation sites is 1. The minimum absolute atomic E-state index is 0.389. The first-order chi connectivity index (χ1) is 7.74. The van der Waals surface area contributed by atoms with E-state index >= 15 is 0 Å². The molecule has 3 N–H and O–H groups in total. The highest BCUT2D eigenvalue weighted by Crippen LogP contribution is 2.23. The Bertz CT molecular complexity index is 533. The lowest BCUT2D eigenvalue weighted by Gasteiger charge is -2.09. The maximum atomic E-state index is 11.0. The smallest absolute Gasteiger partial charge is 0.330 e. The van der Waals surface area contributed by atoms with Crippen molar-refractivity contribution in [1.29, 1.82) is 0 Å². The van der Waals surface area contributed by atoms with Crippen LogP contribution in [-0.2, 0) is 9.59 Å². The van der Waals surface area contributed by atoms with Crippen LogP contribution in [0.2, 0.25) is 0 Å². The van der Waals surface area contributed by atoms with E-state index in [2.05, 4.69) is 10.3 Å². The van der Waals surface area contributed by atoms with Crippen LogP contribution >= 0.6 is 0 Å². The second-order valence-electron chi connectivity index (χ2n) is 3.35. The van der Waals surface area contributed by atoms with E-state index < -0.39 is 12.0 Å². The van der Waals surface area contributed by atoms with Crippen molar-refractivity contribution in [3.63, 3.8) is 0 Å². The Morgan fingerprint density at radius 1 is 1.44 bits per heavy atom. The number of amides is 1. The second kappa shape index (κ2) is 4.06. The van der Waals surface area contributed by atoms with Gasteiger partial charge in [-0.2, -0.15) is 0 Å². The number of carbonyl (C=O) groups excluding carboxylic acids is 1. The summed E-state index contributed by atoms with van der Waals surface area (Å²) in [5.41, 5.74) is 1.40. The zero-order valence-corrected chi connectivity index (χ0v) is 8.31. The summed E-state index contributed by atoms with van der Waals surface area (Å²) in [6, 6.07) is 6.31. The lowest BCUT2D eigenvalue weighted by molar-refractivity contribution is -0.140. The minimum Gasteiger partial charge on any atom is -0.479 e. The van der Waals surface area contributed by atoms with Crippen LogP contribution in [0.4, 0.5) is 0 Å². The quantitative estimate of drug-likeness (QED) is 0.670. The molecule has 0 radical (unpaired) electrons. The number of carboxylic acid groups (broad SMARTS) is 1. The summed E-state index contributed by atoms with van der Waals surface area (Å²) in [5, 5.41) is 12.1. The first kappa shape index (κ1) is 10.2. The number of aliphatic carboxylic acids is 1. The van der Waals surface area contributed by atoms with Gasteiger partial charge in [-0.15, -0.1) is 0 Å². The van der Waals surface area contributed by atoms with E-state index in [4.69, 9.17) is 5.11 Å². The van der Waals surface area contributed by atoms with E-state index in [-0.39, 0.29) is 0 Å². The predicted molar refractivity (Wildman–Crippen MR) is 57.9 cm³/mol. The van der Waals surface area contributed by atoms with Crippen LogP contribution in [0.5, 0.6) is 0 Å². The molecule has 0 aliphatic carbocycles. The summed E-state index contributed by atoms with van der Waals surface area (Å²) in [6.07, 6.45) is 1.99. The number of aromatic amines is 1. The van der Waals surface area contributed by atoms with Gasteiger partial charge >= 0.3 is 5.97 Å². The molecule has 1 aromatic heterocycles. The second-order valence-corrected chi connectivity index (χ2v) is 3.35. The van der Waals surface area contributed by atoms with Crippen LogP contribution in [0.3, 0.4) is 0 Å². The molecule has 0 fully saturated rings. The molecule has 0 bridgehead atoms. The average molecular weight is 218 g/mol. The van der Waals surface area contributed by atoms with Crippen LogP contribution in [0, 0.1) is 0 Å². The summed E-state index contributed by atoms with van der Waals surface area (Å²) < 4.78 is 0. The molecule has 0 saturated carbocycles. The van der Waals surface area contributed by atoms with Crippen molar-refractivity contribution in [1.82, 2.24) is 10.3 Å². The van der Waals surface area contributed by atoms with Gasteiger partial charge in [0.25, 0.3) is 0 Å². The van der Waals surface area contributed by atoms with Gasteiger partial charge in [-0.05, 0) is 6.07 Å². The number of hydrogen-bond acceptors (Lipinski definition) is 2. The Morgan fingerprint density at radius 2 is 2.19 bits per heavy atom. The molecule has 1 atom stereocenters. The van der Waals surface area contributed by atoms with Gasteiger partial charge in [0.05, 0.1) is 0 Å². The normalized spacial score (nSPS) is 12.2. The SMILES string of the molecule is O=CNC(C(=O)O)c1c[nH]c2ccccc12. The molecule has 1 amide bonds. The Balaban J connectivity index is 2.52. The molecular formula is C11H10N2O3. The highest BCUT2D eigenvalue weighted by molar-refractivity contribution is 5.89. The van der Waals surface area contributed by atoms with Gasteiger partial charge in [-0.3, -0.25) is 4.79 Å². The van der Waals surface area contributed by atoms with Gasteiger partial charge < -0.3 is 15.4 Å². The topological polar surface area (TPSA) is 82.2 Å². The highest BCUT2D eigenvalue weighted by Gasteiger charge is 2.21. The van der Waals surface area contributed by atoms with Crippen LogP contribution in [0.15, 0.2) is 30.5 Å². The Kier molecular flexibility index (Phi) is 2.59. The van der Waals surface area contributed by atoms with E-state index in [1.54, 1.807) is 6.20 Å². The first-order valence-corrected chi connectivity index (χ1v) is 4.72. The number of carbonyl (C=O) groups is 2. The van der Waals surface area contributed by atoms with Gasteiger partial charge in [-0.25, -0.2) is 4.79 Å². The van der Waals surface area contributed by atoms with E-state index in [1.807, 2.05) is 24.3 Å². The third-order valence-electron chi connectivity index (χ3n) is 2.41. The third-order valence-corrected chi connectivity index (χ3v) is 2.41. The lowest BCUT2D eigenvalue weighted by atomic mass is 10.1. The first-order valence-electron chi connectivity index (χ1n) is 4.72. The van der Waals surface area contributed by atoms with E-state index in [0.717, 1.165) is 10.9 Å². The molecule has 0 saturated heterocycles. The fraction of sp³-hybridized carbons (Fsp3) is 0.0909. The highest BCUT2D eigenvalue weighted by atomic mass is 16.4. The molecule has 5 nitrogen and oxygen atoms in total. The monoisotopic (exact) mass is 218 g/mol. The van der Waals surface area contributed by atoms with Gasteiger partial charge in [0.15, 0.2) is 6.04 Å². The fourth-order valence-corrected chi connectivity index (χ4v) is 1.69. The third kappa shape index (κ3) is 1.63. The lowest BCUT2D eigenvalue weighted by Crippen LogP contribution is -2.26. The number of nitrogens with one attached hydrogen (secondary N) is 2. The molecule has 0 aliphatic heterocycles. The van der Waals surface area contributed by atoms with Crippen molar-refractivity contribution in [3.8, 4) is 0 Å². The van der Waals surface area contributed by atoms with E-state index in [0.29, 0.717) is 12.0 Å². The van der Waals surface area contributed by atoms with Crippen molar-refractivity contribution in [2.75, 3.05) is 0 Å². The molecule has 1 unspecified atom stereocenters. The summed E-state index contributed by atoms with van der Waals surface area (Å²) in [7, 11) is 0. The molecule has 2 aromatic rings. The van der Waals surface area contributed by atoms with Gasteiger partial charge in [0, 0.05) is 22.7 Å². The Morgan fingerprint density at radius 3 is 2.88 bits per heavy atom. The average Bonchev–Trinajstić information content (AvgIpc) is 2.69. The Hall–Kier alpha value is -2.30. The summed E-state index contributed by atoms with van der Waals surface area (Å²) >= 11 is 0. The molecular weight excluding hydrogens is 208 g/mol. The number of benzene rings is 1. The molecule has 1 heterocycles. The largest absolute Gasteiger partial charge is 0.479 e. The summed E-state index contributed by atoms with van der Waals surface area (Å²) in [6.45, 7) is 0. The number of fused-ring (bicyclic) bond motifs is 1. The van der Waals surface area contributed by atoms with Crippen LogP contribution in [-0.4, -0.2) is 22.5 Å². The van der Waals surface area contributed by atoms with Crippen molar-refractivity contribution in [2.45, 2.75) is 6.04 Å². The summed E-state index contributed by atoms with van der Waals surface area (Å²) in [4.78, 5) is 24.3. The van der Waals surface area contributed by atoms with Crippen LogP contribution in [0.1, 0.15) is 11.6 Å². The number of aromatic nitrogens is 1. The molecule has 2 rings (SSSR count). The van der Waals surface area contributed by atoms with Crippen molar-refractivity contribution >= 4 is 23.3 Å². The predicted octanol–water partition coefficient (Wildman–Crippen LogP) is 1.04. The number of H-pyrrole nitrogens is 1. The maximum absolute atomic E-state index is 11.0. The van der Waals surface area contributed by atoms with Crippen LogP contribution in [0.25, 0.3) is 10.9 Å². The molecule has 1 aromatic carbocycles. The molecule has 82 valence electrons. The minimum atomic E-state index is -1.09. The molecule has 5 heteroatoms. The number of hydrogen-bond donors (Lipinski definition) is 3. The van der Waals surface area contributed by atoms with Gasteiger partial charge in [0.2, 0.25) is 6.41 Å². The van der Waals surface area contributed by atoms with Crippen molar-refractivity contribution in [3.05, 3.63) is 36.0 Å². The molecule has 16 heavy (non-hydrogen) atoms. The van der Waals surface area contributed by atoms with Crippen LogP contribution < -0.4 is 5.32 Å². The van der Waals surface area contributed by atoms with E-state index in [1.165, 1.54) is 0 Å². The number of carboxylic acids is 1. The molecule has 0 spiro atoms. The number of rotatable bonds is 4.